The van der Waals surface area contributed by atoms with E-state index in [1.54, 1.807) is 24.5 Å². The molecule has 2 aromatic carbocycles. The number of carbonyl (C=O) groups excluding carboxylic acids is 3. The van der Waals surface area contributed by atoms with Crippen molar-refractivity contribution in [3.05, 3.63) is 102 Å². The Bertz CT molecular complexity index is 1430. The first-order valence-electron chi connectivity index (χ1n) is 12.9. The van der Waals surface area contributed by atoms with Crippen LogP contribution >= 0.6 is 0 Å². The van der Waals surface area contributed by atoms with E-state index in [0.717, 1.165) is 36.5 Å². The molecule has 9 heteroatoms. The van der Waals surface area contributed by atoms with Crippen molar-refractivity contribution in [2.24, 2.45) is 5.73 Å². The molecule has 0 aliphatic rings. The Kier molecular flexibility index (Phi) is 8.96. The molecular formula is C30H32N6O3. The van der Waals surface area contributed by atoms with Crippen LogP contribution in [0.2, 0.25) is 0 Å². The van der Waals surface area contributed by atoms with Crippen molar-refractivity contribution in [3.8, 4) is 17.1 Å². The Morgan fingerprint density at radius 3 is 2.31 bits per heavy atom. The lowest BCUT2D eigenvalue weighted by Crippen LogP contribution is -2.47. The molecule has 1 unspecified atom stereocenters. The summed E-state index contributed by atoms with van der Waals surface area (Å²) < 4.78 is 1.52. The number of amides is 2. The highest BCUT2D eigenvalue weighted by atomic mass is 16.2. The Labute approximate surface area is 227 Å². The summed E-state index contributed by atoms with van der Waals surface area (Å²) in [7, 11) is 0. The standard InChI is InChI=1S/C30H32N6O3/c1-3-35(4-2)20-22-12-14-23(15-13-22)25-16-18-36(34-25)29-24(11-8-17-32-29)30(39)33-26(27(37)28(31)38)19-21-9-6-5-7-10-21/h5-18,26H,3-4,19-20H2,1-2H3,(H2,31,38)(H,33,39). The van der Waals surface area contributed by atoms with Gasteiger partial charge in [0.05, 0.1) is 11.3 Å². The summed E-state index contributed by atoms with van der Waals surface area (Å²) in [5.41, 5.74) is 9.14. The Balaban J connectivity index is 1.55. The van der Waals surface area contributed by atoms with Crippen molar-refractivity contribution in [1.29, 1.82) is 0 Å². The van der Waals surface area contributed by atoms with E-state index >= 15 is 0 Å². The van der Waals surface area contributed by atoms with Crippen LogP contribution in [0.4, 0.5) is 0 Å². The van der Waals surface area contributed by atoms with E-state index in [-0.39, 0.29) is 12.0 Å². The monoisotopic (exact) mass is 524 g/mol. The van der Waals surface area contributed by atoms with Crippen LogP contribution in [0.1, 0.15) is 35.3 Å². The van der Waals surface area contributed by atoms with Crippen LogP contribution in [0.25, 0.3) is 17.1 Å². The molecule has 0 spiro atoms. The SMILES string of the molecule is CCN(CC)Cc1ccc(-c2ccn(-c3ncccc3C(=O)NC(Cc3ccccc3)C(=O)C(N)=O)n2)cc1. The number of nitrogens with two attached hydrogens (primary N) is 1. The van der Waals surface area contributed by atoms with Gasteiger partial charge in [-0.25, -0.2) is 9.67 Å². The first kappa shape index (κ1) is 27.4. The second-order valence-electron chi connectivity index (χ2n) is 9.12. The van der Waals surface area contributed by atoms with E-state index in [1.807, 2.05) is 48.5 Å². The van der Waals surface area contributed by atoms with Gasteiger partial charge in [-0.3, -0.25) is 19.3 Å². The van der Waals surface area contributed by atoms with Crippen LogP contribution in [0.3, 0.4) is 0 Å². The van der Waals surface area contributed by atoms with Gasteiger partial charge in [0, 0.05) is 30.9 Å². The molecule has 2 amide bonds. The molecule has 0 bridgehead atoms. The lowest BCUT2D eigenvalue weighted by atomic mass is 10.0. The third-order valence-electron chi connectivity index (χ3n) is 6.54. The summed E-state index contributed by atoms with van der Waals surface area (Å²) in [5.74, 6) is -2.25. The highest BCUT2D eigenvalue weighted by Crippen LogP contribution is 2.21. The maximum absolute atomic E-state index is 13.3. The second-order valence-corrected chi connectivity index (χ2v) is 9.12. The van der Waals surface area contributed by atoms with Gasteiger partial charge in [0.25, 0.3) is 11.8 Å². The van der Waals surface area contributed by atoms with Gasteiger partial charge in [-0.05, 0) is 42.4 Å². The normalized spacial score (nSPS) is 11.8. The summed E-state index contributed by atoms with van der Waals surface area (Å²) >= 11 is 0. The number of primary amides is 1. The van der Waals surface area contributed by atoms with Gasteiger partial charge in [0.1, 0.15) is 6.04 Å². The van der Waals surface area contributed by atoms with Gasteiger partial charge in [-0.1, -0.05) is 68.4 Å². The predicted molar refractivity (Wildman–Crippen MR) is 149 cm³/mol. The number of nitrogens with one attached hydrogen (secondary N) is 1. The number of benzene rings is 2. The quantitative estimate of drug-likeness (QED) is 0.275. The fraction of sp³-hybridized carbons (Fsp3) is 0.233. The minimum atomic E-state index is -1.12. The first-order valence-corrected chi connectivity index (χ1v) is 12.9. The second kappa shape index (κ2) is 12.7. The Morgan fingerprint density at radius 2 is 1.64 bits per heavy atom. The molecule has 0 aliphatic carbocycles. The molecule has 3 N–H and O–H groups in total. The summed E-state index contributed by atoms with van der Waals surface area (Å²) in [6.07, 6.45) is 3.42. The number of pyridine rings is 1. The largest absolute Gasteiger partial charge is 0.363 e. The molecule has 1 atom stereocenters. The van der Waals surface area contributed by atoms with Crippen LogP contribution < -0.4 is 11.1 Å². The zero-order valence-electron chi connectivity index (χ0n) is 22.1. The van der Waals surface area contributed by atoms with E-state index in [1.165, 1.54) is 10.2 Å². The maximum atomic E-state index is 13.3. The number of carbonyl (C=O) groups is 3. The topological polar surface area (TPSA) is 123 Å². The molecule has 2 heterocycles. The molecule has 39 heavy (non-hydrogen) atoms. The average Bonchev–Trinajstić information content (AvgIpc) is 3.46. The highest BCUT2D eigenvalue weighted by Gasteiger charge is 2.27. The highest BCUT2D eigenvalue weighted by molar-refractivity contribution is 6.38. The van der Waals surface area contributed by atoms with Gasteiger partial charge in [0.15, 0.2) is 5.82 Å². The van der Waals surface area contributed by atoms with Gasteiger partial charge >= 0.3 is 0 Å². The Hall–Kier alpha value is -4.63. The number of ketones is 1. The van der Waals surface area contributed by atoms with Crippen molar-refractivity contribution in [2.45, 2.75) is 32.9 Å². The lowest BCUT2D eigenvalue weighted by molar-refractivity contribution is -0.137. The number of hydrogen-bond donors (Lipinski definition) is 2. The van der Waals surface area contributed by atoms with Gasteiger partial charge in [-0.15, -0.1) is 0 Å². The molecule has 0 aliphatic heterocycles. The van der Waals surface area contributed by atoms with E-state index in [9.17, 15) is 14.4 Å². The smallest absolute Gasteiger partial charge is 0.287 e. The zero-order chi connectivity index (χ0) is 27.8. The van der Waals surface area contributed by atoms with E-state index in [4.69, 9.17) is 5.73 Å². The van der Waals surface area contributed by atoms with E-state index in [0.29, 0.717) is 5.82 Å². The van der Waals surface area contributed by atoms with Crippen LogP contribution in [0, 0.1) is 0 Å². The summed E-state index contributed by atoms with van der Waals surface area (Å²) in [4.78, 5) is 44.2. The first-order chi connectivity index (χ1) is 18.9. The third-order valence-corrected chi connectivity index (χ3v) is 6.54. The zero-order valence-corrected chi connectivity index (χ0v) is 22.1. The molecule has 4 rings (SSSR count). The van der Waals surface area contributed by atoms with E-state index in [2.05, 4.69) is 46.3 Å². The van der Waals surface area contributed by atoms with Gasteiger partial charge in [0.2, 0.25) is 5.78 Å². The lowest BCUT2D eigenvalue weighted by Gasteiger charge is -2.18. The number of rotatable bonds is 12. The fourth-order valence-corrected chi connectivity index (χ4v) is 4.31. The van der Waals surface area contributed by atoms with Crippen LogP contribution in [0.5, 0.6) is 0 Å². The van der Waals surface area contributed by atoms with Crippen LogP contribution in [-0.2, 0) is 22.6 Å². The molecule has 2 aromatic heterocycles. The molecule has 9 nitrogen and oxygen atoms in total. The van der Waals surface area contributed by atoms with Crippen LogP contribution in [0.15, 0.2) is 85.2 Å². The molecule has 0 saturated heterocycles. The minimum Gasteiger partial charge on any atom is -0.363 e. The minimum absolute atomic E-state index is 0.125. The molecule has 0 saturated carbocycles. The van der Waals surface area contributed by atoms with Crippen molar-refractivity contribution in [2.75, 3.05) is 13.1 Å². The molecule has 200 valence electrons. The summed E-state index contributed by atoms with van der Waals surface area (Å²) in [6.45, 7) is 7.17. The third kappa shape index (κ3) is 6.82. The van der Waals surface area contributed by atoms with Crippen molar-refractivity contribution >= 4 is 17.6 Å². The van der Waals surface area contributed by atoms with Crippen molar-refractivity contribution in [3.63, 3.8) is 0 Å². The Morgan fingerprint density at radius 1 is 0.923 bits per heavy atom. The number of aromatic nitrogens is 3. The van der Waals surface area contributed by atoms with Crippen molar-refractivity contribution < 1.29 is 14.4 Å². The predicted octanol–water partition coefficient (Wildman–Crippen LogP) is 3.17. The molecule has 0 radical (unpaired) electrons. The summed E-state index contributed by atoms with van der Waals surface area (Å²) in [5, 5.41) is 7.32. The van der Waals surface area contributed by atoms with Crippen LogP contribution in [-0.4, -0.2) is 56.4 Å². The van der Waals surface area contributed by atoms with E-state index < -0.39 is 23.6 Å². The number of hydrogen-bond acceptors (Lipinski definition) is 6. The average molecular weight is 525 g/mol. The molecular weight excluding hydrogens is 492 g/mol. The number of Topliss-reactive ketones (excluding diaryl/α,β-unsaturated/α-hetero) is 1. The van der Waals surface area contributed by atoms with Crippen molar-refractivity contribution in [1.82, 2.24) is 25.0 Å². The number of nitrogens with zero attached hydrogens (tertiary/aromatic N) is 4. The molecule has 0 fully saturated rings. The molecule has 4 aromatic rings. The van der Waals surface area contributed by atoms with Gasteiger partial charge in [-0.2, -0.15) is 5.10 Å². The fourth-order valence-electron chi connectivity index (χ4n) is 4.31. The maximum Gasteiger partial charge on any atom is 0.287 e. The summed E-state index contributed by atoms with van der Waals surface area (Å²) in [6, 6.07) is 21.3. The van der Waals surface area contributed by atoms with Gasteiger partial charge < -0.3 is 11.1 Å².